The first kappa shape index (κ1) is 17.9. The van der Waals surface area contributed by atoms with Crippen LogP contribution < -0.4 is 5.32 Å². The lowest BCUT2D eigenvalue weighted by molar-refractivity contribution is -0.116. The zero-order valence-corrected chi connectivity index (χ0v) is 16.2. The van der Waals surface area contributed by atoms with Crippen molar-refractivity contribution in [1.29, 1.82) is 0 Å². The molecule has 1 aromatic carbocycles. The second kappa shape index (κ2) is 8.48. The molecule has 2 aromatic heterocycles. The summed E-state index contributed by atoms with van der Waals surface area (Å²) in [5.74, 6) is 2.09. The molecule has 0 unspecified atom stereocenters. The van der Waals surface area contributed by atoms with E-state index in [1.165, 1.54) is 24.1 Å². The first-order valence-electron chi connectivity index (χ1n) is 9.64. The van der Waals surface area contributed by atoms with Gasteiger partial charge in [0.1, 0.15) is 5.82 Å². The highest BCUT2D eigenvalue weighted by Gasteiger charge is 2.16. The van der Waals surface area contributed by atoms with E-state index in [0.29, 0.717) is 6.42 Å². The number of aromatic nitrogens is 3. The van der Waals surface area contributed by atoms with Crippen molar-refractivity contribution in [3.05, 3.63) is 52.5 Å². The number of fused-ring (bicyclic) bond motifs is 1. The number of hydrogen-bond donors (Lipinski definition) is 1. The third-order valence-corrected chi connectivity index (χ3v) is 5.88. The zero-order chi connectivity index (χ0) is 18.5. The average Bonchev–Trinajstić information content (AvgIpc) is 3.27. The number of amides is 1. The van der Waals surface area contributed by atoms with Gasteiger partial charge in [0, 0.05) is 35.5 Å². The maximum Gasteiger partial charge on any atom is 0.224 e. The number of thiophene rings is 1. The number of benzene rings is 1. The Morgan fingerprint density at radius 3 is 2.81 bits per heavy atom. The van der Waals surface area contributed by atoms with Gasteiger partial charge in [0.15, 0.2) is 5.82 Å². The molecule has 0 fully saturated rings. The first-order valence-corrected chi connectivity index (χ1v) is 10.5. The molecule has 1 aliphatic heterocycles. The van der Waals surface area contributed by atoms with E-state index in [4.69, 9.17) is 0 Å². The summed E-state index contributed by atoms with van der Waals surface area (Å²) >= 11 is 1.75. The smallest absolute Gasteiger partial charge is 0.224 e. The van der Waals surface area contributed by atoms with Crippen molar-refractivity contribution < 1.29 is 4.79 Å². The summed E-state index contributed by atoms with van der Waals surface area (Å²) in [4.78, 5) is 13.5. The lowest BCUT2D eigenvalue weighted by atomic mass is 10.1. The molecule has 3 heterocycles. The van der Waals surface area contributed by atoms with Gasteiger partial charge in [-0.25, -0.2) is 0 Å². The maximum absolute atomic E-state index is 12.2. The van der Waals surface area contributed by atoms with Gasteiger partial charge in [-0.15, -0.1) is 21.5 Å². The Balaban J connectivity index is 1.35. The van der Waals surface area contributed by atoms with Crippen LogP contribution in [0, 0.1) is 0 Å². The molecule has 0 saturated carbocycles. The topological polar surface area (TPSA) is 59.8 Å². The van der Waals surface area contributed by atoms with Crippen molar-refractivity contribution in [2.75, 3.05) is 5.32 Å². The van der Waals surface area contributed by atoms with Gasteiger partial charge in [0.05, 0.1) is 0 Å². The molecule has 0 aliphatic carbocycles. The van der Waals surface area contributed by atoms with E-state index >= 15 is 0 Å². The van der Waals surface area contributed by atoms with Crippen molar-refractivity contribution in [3.63, 3.8) is 0 Å². The SMILES string of the molecule is O=C(CCCc1cccs1)Nc1ccc(-c2nnc3n2CCCCC3)cc1. The lowest BCUT2D eigenvalue weighted by Crippen LogP contribution is -2.11. The van der Waals surface area contributed by atoms with Gasteiger partial charge in [0.25, 0.3) is 0 Å². The summed E-state index contributed by atoms with van der Waals surface area (Å²) in [6.45, 7) is 0.987. The van der Waals surface area contributed by atoms with Gasteiger partial charge in [-0.1, -0.05) is 12.5 Å². The Morgan fingerprint density at radius 2 is 2.00 bits per heavy atom. The second-order valence-electron chi connectivity index (χ2n) is 6.96. The predicted octanol–water partition coefficient (Wildman–Crippen LogP) is 4.69. The van der Waals surface area contributed by atoms with Crippen LogP contribution in [0.3, 0.4) is 0 Å². The molecular formula is C21H24N4OS. The van der Waals surface area contributed by atoms with Crippen LogP contribution in [0.15, 0.2) is 41.8 Å². The summed E-state index contributed by atoms with van der Waals surface area (Å²) in [7, 11) is 0. The van der Waals surface area contributed by atoms with Gasteiger partial charge in [0.2, 0.25) is 5.91 Å². The fourth-order valence-corrected chi connectivity index (χ4v) is 4.25. The third kappa shape index (κ3) is 4.45. The molecule has 1 aliphatic rings. The zero-order valence-electron chi connectivity index (χ0n) is 15.4. The van der Waals surface area contributed by atoms with Crippen LogP contribution in [0.2, 0.25) is 0 Å². The number of carbonyl (C=O) groups excluding carboxylic acids is 1. The number of hydrogen-bond acceptors (Lipinski definition) is 4. The molecule has 0 atom stereocenters. The Bertz CT molecular complexity index is 884. The van der Waals surface area contributed by atoms with Crippen molar-refractivity contribution >= 4 is 22.9 Å². The minimum atomic E-state index is 0.0654. The van der Waals surface area contributed by atoms with Gasteiger partial charge in [-0.3, -0.25) is 4.79 Å². The molecular weight excluding hydrogens is 356 g/mol. The molecule has 0 saturated heterocycles. The van der Waals surface area contributed by atoms with Gasteiger partial charge < -0.3 is 9.88 Å². The highest BCUT2D eigenvalue weighted by molar-refractivity contribution is 7.09. The third-order valence-electron chi connectivity index (χ3n) is 4.94. The Kier molecular flexibility index (Phi) is 5.63. The predicted molar refractivity (Wildman–Crippen MR) is 109 cm³/mol. The molecule has 5 nitrogen and oxygen atoms in total. The second-order valence-corrected chi connectivity index (χ2v) is 7.99. The van der Waals surface area contributed by atoms with Crippen LogP contribution in [0.1, 0.15) is 42.8 Å². The van der Waals surface area contributed by atoms with Crippen LogP contribution >= 0.6 is 11.3 Å². The molecule has 6 heteroatoms. The number of rotatable bonds is 6. The molecule has 140 valence electrons. The van der Waals surface area contributed by atoms with Crippen LogP contribution in [-0.4, -0.2) is 20.7 Å². The maximum atomic E-state index is 12.2. The monoisotopic (exact) mass is 380 g/mol. The lowest BCUT2D eigenvalue weighted by Gasteiger charge is -2.08. The van der Waals surface area contributed by atoms with Crippen molar-refractivity contribution in [1.82, 2.24) is 14.8 Å². The largest absolute Gasteiger partial charge is 0.326 e. The van der Waals surface area contributed by atoms with E-state index in [0.717, 1.165) is 48.7 Å². The van der Waals surface area contributed by atoms with Crippen molar-refractivity contribution in [2.45, 2.75) is 51.5 Å². The highest BCUT2D eigenvalue weighted by Crippen LogP contribution is 2.24. The summed E-state index contributed by atoms with van der Waals surface area (Å²) in [6.07, 6.45) is 7.00. The first-order chi connectivity index (χ1) is 13.3. The average molecular weight is 381 g/mol. The molecule has 0 bridgehead atoms. The van der Waals surface area contributed by atoms with E-state index in [9.17, 15) is 4.79 Å². The molecule has 0 spiro atoms. The summed E-state index contributed by atoms with van der Waals surface area (Å²) in [5.41, 5.74) is 1.88. The number of nitrogens with zero attached hydrogens (tertiary/aromatic N) is 3. The fraction of sp³-hybridized carbons (Fsp3) is 0.381. The van der Waals surface area contributed by atoms with E-state index in [-0.39, 0.29) is 5.91 Å². The van der Waals surface area contributed by atoms with E-state index in [2.05, 4.69) is 37.6 Å². The minimum Gasteiger partial charge on any atom is -0.326 e. The number of aryl methyl sites for hydroxylation is 2. The standard InChI is InChI=1S/C21H24N4OS/c26-20(9-4-6-18-7-5-15-27-18)22-17-12-10-16(11-13-17)21-24-23-19-8-2-1-3-14-25(19)21/h5,7,10-13,15H,1-4,6,8-9,14H2,(H,22,26). The summed E-state index contributed by atoms with van der Waals surface area (Å²) < 4.78 is 2.24. The van der Waals surface area contributed by atoms with Crippen LogP contribution in [-0.2, 0) is 24.2 Å². The number of carbonyl (C=O) groups is 1. The Morgan fingerprint density at radius 1 is 1.11 bits per heavy atom. The van der Waals surface area contributed by atoms with Crippen LogP contribution in [0.5, 0.6) is 0 Å². The Hall–Kier alpha value is -2.47. The molecule has 4 rings (SSSR count). The van der Waals surface area contributed by atoms with Gasteiger partial charge in [-0.2, -0.15) is 0 Å². The van der Waals surface area contributed by atoms with Crippen LogP contribution in [0.25, 0.3) is 11.4 Å². The number of nitrogens with one attached hydrogen (secondary N) is 1. The Labute approximate surface area is 163 Å². The molecule has 3 aromatic rings. The molecule has 0 radical (unpaired) electrons. The van der Waals surface area contributed by atoms with E-state index < -0.39 is 0 Å². The van der Waals surface area contributed by atoms with E-state index in [1.54, 1.807) is 11.3 Å². The van der Waals surface area contributed by atoms with Crippen molar-refractivity contribution in [2.24, 2.45) is 0 Å². The summed E-state index contributed by atoms with van der Waals surface area (Å²) in [5, 5.41) is 13.8. The normalized spacial score (nSPS) is 13.8. The quantitative estimate of drug-likeness (QED) is 0.675. The number of anilines is 1. The van der Waals surface area contributed by atoms with E-state index in [1.807, 2.05) is 24.3 Å². The molecule has 1 N–H and O–H groups in total. The van der Waals surface area contributed by atoms with Crippen molar-refractivity contribution in [3.8, 4) is 11.4 Å². The molecule has 27 heavy (non-hydrogen) atoms. The van der Waals surface area contributed by atoms with Gasteiger partial charge >= 0.3 is 0 Å². The highest BCUT2D eigenvalue weighted by atomic mass is 32.1. The minimum absolute atomic E-state index is 0.0654. The fourth-order valence-electron chi connectivity index (χ4n) is 3.50. The van der Waals surface area contributed by atoms with Gasteiger partial charge in [-0.05, 0) is 61.4 Å². The van der Waals surface area contributed by atoms with Crippen LogP contribution in [0.4, 0.5) is 5.69 Å². The molecule has 1 amide bonds. The summed E-state index contributed by atoms with van der Waals surface area (Å²) in [6, 6.07) is 12.1.